The first-order valence-electron chi connectivity index (χ1n) is 6.97. The van der Waals surface area contributed by atoms with Crippen LogP contribution in [0.2, 0.25) is 0 Å². The lowest BCUT2D eigenvalue weighted by molar-refractivity contribution is 0.538. The highest BCUT2D eigenvalue weighted by molar-refractivity contribution is 9.10. The van der Waals surface area contributed by atoms with Crippen molar-refractivity contribution in [2.75, 3.05) is 0 Å². The highest BCUT2D eigenvalue weighted by Gasteiger charge is 2.07. The SMILES string of the molecule is CC(Cc1ccccc1)NCc1cnc2cnc(Br)cn12. The van der Waals surface area contributed by atoms with Gasteiger partial charge in [0.2, 0.25) is 0 Å². The van der Waals surface area contributed by atoms with Crippen molar-refractivity contribution < 1.29 is 0 Å². The fourth-order valence-corrected chi connectivity index (χ4v) is 2.67. The summed E-state index contributed by atoms with van der Waals surface area (Å²) in [6, 6.07) is 10.9. The van der Waals surface area contributed by atoms with E-state index >= 15 is 0 Å². The number of benzene rings is 1. The average molecular weight is 345 g/mol. The molecule has 1 unspecified atom stereocenters. The van der Waals surface area contributed by atoms with Crippen molar-refractivity contribution in [3.8, 4) is 0 Å². The first kappa shape index (κ1) is 14.2. The molecule has 3 rings (SSSR count). The summed E-state index contributed by atoms with van der Waals surface area (Å²) in [7, 11) is 0. The van der Waals surface area contributed by atoms with E-state index in [2.05, 4.69) is 66.8 Å². The third kappa shape index (κ3) is 3.49. The van der Waals surface area contributed by atoms with E-state index in [4.69, 9.17) is 0 Å². The minimum Gasteiger partial charge on any atom is -0.308 e. The van der Waals surface area contributed by atoms with Crippen LogP contribution >= 0.6 is 15.9 Å². The topological polar surface area (TPSA) is 42.2 Å². The van der Waals surface area contributed by atoms with Gasteiger partial charge in [0.05, 0.1) is 18.1 Å². The van der Waals surface area contributed by atoms with E-state index < -0.39 is 0 Å². The molecule has 5 heteroatoms. The molecule has 1 aromatic carbocycles. The van der Waals surface area contributed by atoms with Gasteiger partial charge in [0.1, 0.15) is 4.60 Å². The number of imidazole rings is 1. The van der Waals surface area contributed by atoms with E-state index in [1.54, 1.807) is 6.20 Å². The van der Waals surface area contributed by atoms with Gasteiger partial charge in [-0.2, -0.15) is 0 Å². The summed E-state index contributed by atoms with van der Waals surface area (Å²) in [4.78, 5) is 8.55. The van der Waals surface area contributed by atoms with Crippen LogP contribution in [0.3, 0.4) is 0 Å². The summed E-state index contributed by atoms with van der Waals surface area (Å²) >= 11 is 3.40. The molecule has 2 aromatic heterocycles. The van der Waals surface area contributed by atoms with Gasteiger partial charge in [-0.05, 0) is 34.8 Å². The molecule has 1 N–H and O–H groups in total. The van der Waals surface area contributed by atoms with Crippen molar-refractivity contribution in [3.05, 3.63) is 64.8 Å². The Morgan fingerprint density at radius 3 is 2.81 bits per heavy atom. The van der Waals surface area contributed by atoms with Crippen LogP contribution in [0.5, 0.6) is 0 Å². The van der Waals surface area contributed by atoms with E-state index in [0.717, 1.165) is 28.9 Å². The molecular formula is C16H17BrN4. The predicted molar refractivity (Wildman–Crippen MR) is 87.1 cm³/mol. The molecule has 3 aromatic rings. The minimum absolute atomic E-state index is 0.406. The van der Waals surface area contributed by atoms with Crippen LogP contribution < -0.4 is 5.32 Å². The van der Waals surface area contributed by atoms with E-state index in [-0.39, 0.29) is 0 Å². The number of hydrogen-bond acceptors (Lipinski definition) is 3. The molecule has 0 aliphatic rings. The lowest BCUT2D eigenvalue weighted by Gasteiger charge is -2.13. The fourth-order valence-electron chi connectivity index (χ4n) is 2.37. The third-order valence-electron chi connectivity index (χ3n) is 3.46. The van der Waals surface area contributed by atoms with E-state index in [9.17, 15) is 0 Å². The van der Waals surface area contributed by atoms with Crippen LogP contribution in [0.15, 0.2) is 53.5 Å². The number of rotatable bonds is 5. The van der Waals surface area contributed by atoms with E-state index in [1.165, 1.54) is 5.56 Å². The van der Waals surface area contributed by atoms with Gasteiger partial charge >= 0.3 is 0 Å². The molecule has 0 aliphatic carbocycles. The molecule has 0 spiro atoms. The lowest BCUT2D eigenvalue weighted by Crippen LogP contribution is -2.28. The molecule has 1 atom stereocenters. The maximum absolute atomic E-state index is 4.36. The van der Waals surface area contributed by atoms with E-state index in [0.29, 0.717) is 6.04 Å². The molecule has 0 saturated heterocycles. The maximum Gasteiger partial charge on any atom is 0.155 e. The largest absolute Gasteiger partial charge is 0.308 e. The number of nitrogens with zero attached hydrogens (tertiary/aromatic N) is 3. The Morgan fingerprint density at radius 1 is 1.19 bits per heavy atom. The van der Waals surface area contributed by atoms with Gasteiger partial charge in [0.25, 0.3) is 0 Å². The maximum atomic E-state index is 4.36. The van der Waals surface area contributed by atoms with Crippen molar-refractivity contribution in [3.63, 3.8) is 0 Å². The molecule has 0 bridgehead atoms. The molecule has 21 heavy (non-hydrogen) atoms. The summed E-state index contributed by atoms with van der Waals surface area (Å²) in [5.41, 5.74) is 3.35. The van der Waals surface area contributed by atoms with Crippen LogP contribution in [0.25, 0.3) is 5.65 Å². The van der Waals surface area contributed by atoms with Gasteiger partial charge in [-0.1, -0.05) is 30.3 Å². The predicted octanol–water partition coefficient (Wildman–Crippen LogP) is 3.21. The van der Waals surface area contributed by atoms with Gasteiger partial charge in [0.15, 0.2) is 5.65 Å². The first-order chi connectivity index (χ1) is 10.2. The molecule has 0 aliphatic heterocycles. The fraction of sp³-hybridized carbons (Fsp3) is 0.250. The summed E-state index contributed by atoms with van der Waals surface area (Å²) in [5, 5.41) is 3.55. The van der Waals surface area contributed by atoms with Gasteiger partial charge in [-0.15, -0.1) is 0 Å². The Kier molecular flexibility index (Phi) is 4.31. The molecule has 2 heterocycles. The molecule has 0 radical (unpaired) electrons. The van der Waals surface area contributed by atoms with Crippen molar-refractivity contribution in [2.24, 2.45) is 0 Å². The Morgan fingerprint density at radius 2 is 2.00 bits per heavy atom. The Hall–Kier alpha value is -1.72. The second kappa shape index (κ2) is 6.37. The summed E-state index contributed by atoms with van der Waals surface area (Å²) in [6.07, 6.45) is 6.62. The zero-order valence-corrected chi connectivity index (χ0v) is 13.4. The Labute approximate surface area is 132 Å². The first-order valence-corrected chi connectivity index (χ1v) is 7.76. The molecular weight excluding hydrogens is 328 g/mol. The van der Waals surface area contributed by atoms with Gasteiger partial charge < -0.3 is 5.32 Å². The molecule has 0 amide bonds. The number of halogens is 1. The smallest absolute Gasteiger partial charge is 0.155 e. The normalized spacial score (nSPS) is 12.7. The highest BCUT2D eigenvalue weighted by atomic mass is 79.9. The van der Waals surface area contributed by atoms with Gasteiger partial charge in [-0.25, -0.2) is 9.97 Å². The quantitative estimate of drug-likeness (QED) is 0.772. The highest BCUT2D eigenvalue weighted by Crippen LogP contribution is 2.11. The number of aromatic nitrogens is 3. The standard InChI is InChI=1S/C16H17BrN4/c1-12(7-13-5-3-2-4-6-13)18-8-14-9-20-16-10-19-15(17)11-21(14)16/h2-6,9-12,18H,7-8H2,1H3. The van der Waals surface area contributed by atoms with Crippen molar-refractivity contribution >= 4 is 21.6 Å². The van der Waals surface area contributed by atoms with Crippen LogP contribution in [0.4, 0.5) is 0 Å². The van der Waals surface area contributed by atoms with Crippen LogP contribution in [0, 0.1) is 0 Å². The molecule has 0 fully saturated rings. The zero-order valence-electron chi connectivity index (χ0n) is 11.8. The number of fused-ring (bicyclic) bond motifs is 1. The lowest BCUT2D eigenvalue weighted by atomic mass is 10.1. The van der Waals surface area contributed by atoms with Crippen molar-refractivity contribution in [1.82, 2.24) is 19.7 Å². The molecule has 108 valence electrons. The van der Waals surface area contributed by atoms with Gasteiger partial charge in [0, 0.05) is 18.8 Å². The average Bonchev–Trinajstić information content (AvgIpc) is 2.88. The van der Waals surface area contributed by atoms with Crippen LogP contribution in [-0.2, 0) is 13.0 Å². The van der Waals surface area contributed by atoms with Gasteiger partial charge in [-0.3, -0.25) is 4.40 Å². The molecule has 4 nitrogen and oxygen atoms in total. The van der Waals surface area contributed by atoms with Crippen molar-refractivity contribution in [1.29, 1.82) is 0 Å². The Balaban J connectivity index is 1.65. The third-order valence-corrected chi connectivity index (χ3v) is 3.87. The van der Waals surface area contributed by atoms with E-state index in [1.807, 2.05) is 18.5 Å². The number of hydrogen-bond donors (Lipinski definition) is 1. The minimum atomic E-state index is 0.406. The van der Waals surface area contributed by atoms with Crippen LogP contribution in [0.1, 0.15) is 18.2 Å². The second-order valence-electron chi connectivity index (χ2n) is 5.16. The summed E-state index contributed by atoms with van der Waals surface area (Å²) in [6.45, 7) is 2.99. The van der Waals surface area contributed by atoms with Crippen LogP contribution in [-0.4, -0.2) is 20.4 Å². The monoisotopic (exact) mass is 344 g/mol. The Bertz CT molecular complexity index is 723. The molecule has 0 saturated carbocycles. The number of nitrogens with one attached hydrogen (secondary N) is 1. The zero-order chi connectivity index (χ0) is 14.7. The van der Waals surface area contributed by atoms with Crippen molar-refractivity contribution in [2.45, 2.75) is 25.9 Å². The summed E-state index contributed by atoms with van der Waals surface area (Å²) < 4.78 is 2.87. The second-order valence-corrected chi connectivity index (χ2v) is 5.97. The summed E-state index contributed by atoms with van der Waals surface area (Å²) in [5.74, 6) is 0.